The molecular weight excluding hydrogens is 176 g/mol. The van der Waals surface area contributed by atoms with Gasteiger partial charge in [0.05, 0.1) is 6.61 Å². The maximum Gasteiger partial charge on any atom is 0.342 e. The van der Waals surface area contributed by atoms with E-state index < -0.39 is 5.97 Å². The van der Waals surface area contributed by atoms with Crippen LogP contribution in [0.3, 0.4) is 0 Å². The van der Waals surface area contributed by atoms with E-state index in [-0.39, 0.29) is 11.1 Å². The molecule has 0 spiro atoms. The molecule has 0 radical (unpaired) electrons. The van der Waals surface area contributed by atoms with Gasteiger partial charge in [-0.15, -0.1) is 0 Å². The molecule has 2 N–H and O–H groups in total. The zero-order valence-electron chi connectivity index (χ0n) is 3.97. The van der Waals surface area contributed by atoms with Crippen LogP contribution in [0.2, 0.25) is 0 Å². The lowest BCUT2D eigenvalue weighted by Gasteiger charge is -1.84. The second kappa shape index (κ2) is 3.63. The van der Waals surface area contributed by atoms with Gasteiger partial charge in [-0.05, 0) is 22.0 Å². The van der Waals surface area contributed by atoms with E-state index >= 15 is 0 Å². The van der Waals surface area contributed by atoms with Crippen molar-refractivity contribution in [2.75, 3.05) is 6.61 Å². The van der Waals surface area contributed by atoms with E-state index in [0.717, 1.165) is 6.08 Å². The van der Waals surface area contributed by atoms with E-state index in [9.17, 15) is 4.79 Å². The molecule has 0 saturated heterocycles. The highest BCUT2D eigenvalue weighted by Crippen LogP contribution is 2.02. The van der Waals surface area contributed by atoms with Gasteiger partial charge in [-0.2, -0.15) is 0 Å². The monoisotopic (exact) mass is 180 g/mol. The van der Waals surface area contributed by atoms with Crippen LogP contribution in [0.5, 0.6) is 0 Å². The Labute approximate surface area is 54.8 Å². The van der Waals surface area contributed by atoms with Gasteiger partial charge in [-0.3, -0.25) is 0 Å². The smallest absolute Gasteiger partial charge is 0.342 e. The quantitative estimate of drug-likeness (QED) is 0.604. The van der Waals surface area contributed by atoms with Gasteiger partial charge in [0.2, 0.25) is 0 Å². The largest absolute Gasteiger partial charge is 0.477 e. The SMILES string of the molecule is O=C(O)/C(Br)=C\CO. The minimum atomic E-state index is -1.07. The van der Waals surface area contributed by atoms with Crippen LogP contribution in [0.25, 0.3) is 0 Å². The third-order valence-electron chi connectivity index (χ3n) is 0.475. The summed E-state index contributed by atoms with van der Waals surface area (Å²) in [6, 6.07) is 0. The number of carboxylic acid groups (broad SMARTS) is 1. The third kappa shape index (κ3) is 2.76. The molecule has 3 nitrogen and oxygen atoms in total. The fourth-order valence-electron chi connectivity index (χ4n) is 0.167. The molecule has 0 heterocycles. The second-order valence-electron chi connectivity index (χ2n) is 1.04. The lowest BCUT2D eigenvalue weighted by atomic mass is 10.5. The first-order valence-electron chi connectivity index (χ1n) is 1.88. The Kier molecular flexibility index (Phi) is 3.47. The summed E-state index contributed by atoms with van der Waals surface area (Å²) < 4.78 is -0.0139. The number of carbonyl (C=O) groups is 1. The van der Waals surface area contributed by atoms with Crippen molar-refractivity contribution in [1.82, 2.24) is 0 Å². The van der Waals surface area contributed by atoms with Gasteiger partial charge in [0, 0.05) is 0 Å². The summed E-state index contributed by atoms with van der Waals surface area (Å²) >= 11 is 2.70. The fourth-order valence-corrected chi connectivity index (χ4v) is 0.312. The molecule has 0 unspecified atom stereocenters. The number of carboxylic acids is 1. The Morgan fingerprint density at radius 1 is 1.75 bits per heavy atom. The van der Waals surface area contributed by atoms with Crippen LogP contribution in [-0.2, 0) is 4.79 Å². The highest BCUT2D eigenvalue weighted by atomic mass is 79.9. The summed E-state index contributed by atoms with van der Waals surface area (Å²) in [7, 11) is 0. The van der Waals surface area contributed by atoms with Gasteiger partial charge in [0.15, 0.2) is 0 Å². The van der Waals surface area contributed by atoms with Gasteiger partial charge in [-0.25, -0.2) is 4.79 Å². The molecular formula is C4H5BrO3. The Bertz CT molecular complexity index is 118. The van der Waals surface area contributed by atoms with Crippen molar-refractivity contribution >= 4 is 21.9 Å². The molecule has 0 aliphatic rings. The summed E-state index contributed by atoms with van der Waals surface area (Å²) in [5.41, 5.74) is 0. The summed E-state index contributed by atoms with van der Waals surface area (Å²) in [5, 5.41) is 16.2. The molecule has 0 atom stereocenters. The first kappa shape index (κ1) is 7.65. The van der Waals surface area contributed by atoms with Crippen LogP contribution in [0.4, 0.5) is 0 Å². The lowest BCUT2D eigenvalue weighted by molar-refractivity contribution is -0.131. The van der Waals surface area contributed by atoms with Crippen molar-refractivity contribution in [2.24, 2.45) is 0 Å². The van der Waals surface area contributed by atoms with Crippen LogP contribution in [0.15, 0.2) is 10.6 Å². The molecule has 0 bridgehead atoms. The minimum Gasteiger partial charge on any atom is -0.477 e. The lowest BCUT2D eigenvalue weighted by Crippen LogP contribution is -1.93. The van der Waals surface area contributed by atoms with Crippen molar-refractivity contribution in [3.8, 4) is 0 Å². The standard InChI is InChI=1S/C4H5BrO3/c5-3(1-2-6)4(7)8/h1,6H,2H2,(H,7,8)/b3-1+. The number of aliphatic carboxylic acids is 1. The van der Waals surface area contributed by atoms with Crippen LogP contribution >= 0.6 is 15.9 Å². The van der Waals surface area contributed by atoms with E-state index in [0.29, 0.717) is 0 Å². The Morgan fingerprint density at radius 2 is 2.25 bits per heavy atom. The van der Waals surface area contributed by atoms with Crippen LogP contribution < -0.4 is 0 Å². The van der Waals surface area contributed by atoms with Crippen molar-refractivity contribution in [3.63, 3.8) is 0 Å². The predicted octanol–water partition coefficient (Wildman–Crippen LogP) is 0.342. The molecule has 0 rings (SSSR count). The minimum absolute atomic E-state index is 0.0139. The maximum absolute atomic E-state index is 9.86. The predicted molar refractivity (Wildman–Crippen MR) is 31.7 cm³/mol. The van der Waals surface area contributed by atoms with Gasteiger partial charge in [-0.1, -0.05) is 0 Å². The van der Waals surface area contributed by atoms with E-state index in [1.54, 1.807) is 0 Å². The Balaban J connectivity index is 3.80. The molecule has 0 aliphatic heterocycles. The molecule has 46 valence electrons. The topological polar surface area (TPSA) is 57.5 Å². The zero-order valence-corrected chi connectivity index (χ0v) is 5.55. The number of aliphatic hydroxyl groups excluding tert-OH is 1. The molecule has 0 aromatic rings. The first-order valence-corrected chi connectivity index (χ1v) is 2.67. The summed E-state index contributed by atoms with van der Waals surface area (Å²) in [5.74, 6) is -1.07. The third-order valence-corrected chi connectivity index (χ3v) is 1.14. The van der Waals surface area contributed by atoms with Crippen LogP contribution in [0.1, 0.15) is 0 Å². The molecule has 0 amide bonds. The number of hydrogen-bond donors (Lipinski definition) is 2. The van der Waals surface area contributed by atoms with Crippen molar-refractivity contribution in [3.05, 3.63) is 10.6 Å². The summed E-state index contributed by atoms with van der Waals surface area (Å²) in [6.07, 6.45) is 1.16. The summed E-state index contributed by atoms with van der Waals surface area (Å²) in [6.45, 7) is -0.257. The van der Waals surface area contributed by atoms with E-state index in [1.165, 1.54) is 0 Å². The molecule has 4 heteroatoms. The average molecular weight is 181 g/mol. The molecule has 0 aromatic carbocycles. The molecule has 0 aromatic heterocycles. The number of aliphatic hydroxyl groups is 1. The highest BCUT2D eigenvalue weighted by Gasteiger charge is 1.98. The fraction of sp³-hybridized carbons (Fsp3) is 0.250. The molecule has 0 aliphatic carbocycles. The Hall–Kier alpha value is -0.350. The van der Waals surface area contributed by atoms with Gasteiger partial charge < -0.3 is 10.2 Å². The number of hydrogen-bond acceptors (Lipinski definition) is 2. The number of halogens is 1. The van der Waals surface area contributed by atoms with Gasteiger partial charge in [0.25, 0.3) is 0 Å². The zero-order chi connectivity index (χ0) is 6.57. The van der Waals surface area contributed by atoms with E-state index in [4.69, 9.17) is 10.2 Å². The van der Waals surface area contributed by atoms with Crippen LogP contribution in [0, 0.1) is 0 Å². The van der Waals surface area contributed by atoms with Crippen molar-refractivity contribution < 1.29 is 15.0 Å². The van der Waals surface area contributed by atoms with Crippen LogP contribution in [-0.4, -0.2) is 22.8 Å². The normalized spacial score (nSPS) is 11.5. The average Bonchev–Trinajstić information content (AvgIpc) is 1.67. The highest BCUT2D eigenvalue weighted by molar-refractivity contribution is 9.12. The molecule has 0 fully saturated rings. The molecule has 0 saturated carbocycles. The van der Waals surface area contributed by atoms with E-state index in [1.807, 2.05) is 0 Å². The van der Waals surface area contributed by atoms with Gasteiger partial charge in [0.1, 0.15) is 4.48 Å². The first-order chi connectivity index (χ1) is 3.68. The summed E-state index contributed by atoms with van der Waals surface area (Å²) in [4.78, 5) is 9.86. The van der Waals surface area contributed by atoms with Crippen molar-refractivity contribution in [2.45, 2.75) is 0 Å². The van der Waals surface area contributed by atoms with Crippen molar-refractivity contribution in [1.29, 1.82) is 0 Å². The Morgan fingerprint density at radius 3 is 2.38 bits per heavy atom. The molecule has 8 heavy (non-hydrogen) atoms. The van der Waals surface area contributed by atoms with E-state index in [2.05, 4.69) is 15.9 Å². The number of rotatable bonds is 2. The second-order valence-corrected chi connectivity index (χ2v) is 1.89. The van der Waals surface area contributed by atoms with Gasteiger partial charge >= 0.3 is 5.97 Å². The maximum atomic E-state index is 9.86.